The number of hydrogen-bond donors (Lipinski definition) is 4. The van der Waals surface area contributed by atoms with E-state index in [-0.39, 0.29) is 36.7 Å². The fourth-order valence-electron chi connectivity index (χ4n) is 4.27. The lowest BCUT2D eigenvalue weighted by Gasteiger charge is -2.16. The van der Waals surface area contributed by atoms with Crippen LogP contribution in [0.3, 0.4) is 0 Å². The molecule has 2 atom stereocenters. The molecule has 47 heavy (non-hydrogen) atoms. The van der Waals surface area contributed by atoms with Crippen LogP contribution >= 0.6 is 34.7 Å². The molecule has 242 valence electrons. The topological polar surface area (TPSA) is 216 Å². The Hall–Kier alpha value is -4.70. The summed E-state index contributed by atoms with van der Waals surface area (Å²) >= 11 is 8.80. The maximum atomic E-state index is 12.2. The van der Waals surface area contributed by atoms with E-state index in [1.807, 2.05) is 29.6 Å². The number of carbonyl (C=O) groups excluding carboxylic acids is 2. The average Bonchev–Trinajstić information content (AvgIpc) is 3.55. The highest BCUT2D eigenvalue weighted by Gasteiger charge is 2.22. The Morgan fingerprint density at radius 3 is 2.38 bits per heavy atom. The lowest BCUT2D eigenvalue weighted by atomic mass is 9.97. The summed E-state index contributed by atoms with van der Waals surface area (Å²) in [6, 6.07) is 16.7. The van der Waals surface area contributed by atoms with Crippen molar-refractivity contribution in [3.8, 4) is 39.6 Å². The molecule has 0 unspecified atom stereocenters. The molecule has 1 amide bonds. The Bertz CT molecular complexity index is 1800. The number of nitrogens with two attached hydrogens (primary N) is 3. The summed E-state index contributed by atoms with van der Waals surface area (Å²) in [5, 5.41) is 26.3. The summed E-state index contributed by atoms with van der Waals surface area (Å²) in [6.45, 7) is 1.73. The summed E-state index contributed by atoms with van der Waals surface area (Å²) in [5.74, 6) is -0.210. The van der Waals surface area contributed by atoms with Crippen LogP contribution < -0.4 is 27.3 Å². The Labute approximate surface area is 284 Å². The van der Waals surface area contributed by atoms with Gasteiger partial charge in [0.1, 0.15) is 58.6 Å². The lowest BCUT2D eigenvalue weighted by Crippen LogP contribution is -2.48. The number of aromatic nitrogens is 2. The second kappa shape index (κ2) is 16.7. The average molecular weight is 691 g/mol. The Balaban J connectivity index is 1.40. The number of thioether (sulfide) groups is 1. The number of esters is 1. The zero-order chi connectivity index (χ0) is 33.9. The van der Waals surface area contributed by atoms with Crippen molar-refractivity contribution in [2.45, 2.75) is 36.2 Å². The summed E-state index contributed by atoms with van der Waals surface area (Å²) in [4.78, 5) is 33.3. The predicted molar refractivity (Wildman–Crippen MR) is 181 cm³/mol. The minimum absolute atomic E-state index is 0.0121. The highest BCUT2D eigenvalue weighted by atomic mass is 35.5. The molecule has 0 saturated heterocycles. The molecular formula is C32H31ClN8O4S2. The van der Waals surface area contributed by atoms with Crippen LogP contribution in [0.2, 0.25) is 5.02 Å². The molecule has 0 fully saturated rings. The molecular weight excluding hydrogens is 660 g/mol. The number of nitrogen functional groups attached to an aromatic ring is 1. The highest BCUT2D eigenvalue weighted by molar-refractivity contribution is 7.98. The predicted octanol–water partition coefficient (Wildman–Crippen LogP) is 4.25. The first-order valence-electron chi connectivity index (χ1n) is 14.3. The van der Waals surface area contributed by atoms with E-state index in [0.717, 1.165) is 16.3 Å². The van der Waals surface area contributed by atoms with Crippen LogP contribution in [-0.2, 0) is 20.1 Å². The van der Waals surface area contributed by atoms with Crippen molar-refractivity contribution in [1.82, 2.24) is 15.3 Å². The molecule has 2 aromatic heterocycles. The van der Waals surface area contributed by atoms with Gasteiger partial charge in [0.05, 0.1) is 17.3 Å². The van der Waals surface area contributed by atoms with Gasteiger partial charge in [-0.15, -0.1) is 11.3 Å². The lowest BCUT2D eigenvalue weighted by molar-refractivity contribution is -0.148. The molecule has 0 aliphatic carbocycles. The van der Waals surface area contributed by atoms with Gasteiger partial charge in [-0.2, -0.15) is 10.5 Å². The minimum Gasteiger partial charge on any atom is -0.490 e. The van der Waals surface area contributed by atoms with Crippen LogP contribution in [0.5, 0.6) is 5.75 Å². The van der Waals surface area contributed by atoms with E-state index in [0.29, 0.717) is 39.1 Å². The Kier molecular flexibility index (Phi) is 12.5. The summed E-state index contributed by atoms with van der Waals surface area (Å²) in [5.41, 5.74) is 20.3. The van der Waals surface area contributed by atoms with Crippen LogP contribution in [-0.4, -0.2) is 53.7 Å². The van der Waals surface area contributed by atoms with Gasteiger partial charge in [-0.3, -0.25) is 4.79 Å². The molecule has 2 aromatic carbocycles. The van der Waals surface area contributed by atoms with Crippen LogP contribution in [0.25, 0.3) is 21.7 Å². The number of pyridine rings is 1. The standard InChI is InChI=1S/C32H31ClN8O4S2/c1-18(39-29(42)26(37)10-11-34)32(43)45-13-12-44-23-8-4-19(5-9-23)27-24(14-35)28(38)41-31(25(27)15-36)47-17-22-16-46-30(40-22)20-2-6-21(33)7-3-20/h2-9,16,18,26H,10-13,17,34,37H2,1H3,(H2,38,41)(H,39,42)/t18-,26-/m0/s1. The van der Waals surface area contributed by atoms with Crippen LogP contribution in [0.15, 0.2) is 58.9 Å². The molecule has 15 heteroatoms. The number of rotatable bonds is 14. The fourth-order valence-corrected chi connectivity index (χ4v) is 6.21. The third-order valence-electron chi connectivity index (χ3n) is 6.68. The van der Waals surface area contributed by atoms with E-state index in [2.05, 4.69) is 22.4 Å². The van der Waals surface area contributed by atoms with Gasteiger partial charge in [-0.1, -0.05) is 47.6 Å². The molecule has 0 bridgehead atoms. The number of nitrogens with zero attached hydrogens (tertiary/aromatic N) is 4. The number of hydrogen-bond acceptors (Lipinski definition) is 13. The van der Waals surface area contributed by atoms with Crippen molar-refractivity contribution < 1.29 is 19.1 Å². The molecule has 4 aromatic rings. The Morgan fingerprint density at radius 2 is 1.72 bits per heavy atom. The number of halogens is 1. The first-order chi connectivity index (χ1) is 22.6. The Morgan fingerprint density at radius 1 is 1.04 bits per heavy atom. The zero-order valence-electron chi connectivity index (χ0n) is 25.2. The second-order valence-electron chi connectivity index (χ2n) is 10.0. The molecule has 0 aliphatic heterocycles. The van der Waals surface area contributed by atoms with Gasteiger partial charge in [0.15, 0.2) is 0 Å². The molecule has 7 N–H and O–H groups in total. The molecule has 4 rings (SSSR count). The van der Waals surface area contributed by atoms with Crippen molar-refractivity contribution in [3.63, 3.8) is 0 Å². The van der Waals surface area contributed by atoms with Gasteiger partial charge in [0, 0.05) is 27.3 Å². The van der Waals surface area contributed by atoms with Crippen molar-refractivity contribution in [3.05, 3.63) is 75.8 Å². The number of anilines is 1. The zero-order valence-corrected chi connectivity index (χ0v) is 27.6. The smallest absolute Gasteiger partial charge is 0.328 e. The SMILES string of the molecule is C[C@H](NC(=O)[C@@H](N)CCN)C(=O)OCCOc1ccc(-c2c(C#N)c(N)nc(SCc3csc(-c4ccc(Cl)cc4)n3)c2C#N)cc1. The van der Waals surface area contributed by atoms with E-state index >= 15 is 0 Å². The van der Waals surface area contributed by atoms with Gasteiger partial charge in [-0.05, 0) is 49.7 Å². The van der Waals surface area contributed by atoms with Gasteiger partial charge in [-0.25, -0.2) is 14.8 Å². The molecule has 0 saturated carbocycles. The second-order valence-corrected chi connectivity index (χ2v) is 12.3. The third-order valence-corrected chi connectivity index (χ3v) is 8.88. The quantitative estimate of drug-likeness (QED) is 0.0830. The van der Waals surface area contributed by atoms with Crippen molar-refractivity contribution in [2.24, 2.45) is 11.5 Å². The first-order valence-corrected chi connectivity index (χ1v) is 16.5. The molecule has 0 spiro atoms. The number of carbonyl (C=O) groups is 2. The van der Waals surface area contributed by atoms with E-state index in [1.54, 1.807) is 24.3 Å². The molecule has 0 aliphatic rings. The number of thiazole rings is 1. The summed E-state index contributed by atoms with van der Waals surface area (Å²) < 4.78 is 10.9. The third kappa shape index (κ3) is 9.19. The maximum Gasteiger partial charge on any atom is 0.328 e. The summed E-state index contributed by atoms with van der Waals surface area (Å²) in [6.07, 6.45) is 0.297. The van der Waals surface area contributed by atoms with Crippen LogP contribution in [0.1, 0.15) is 30.2 Å². The number of ether oxygens (including phenoxy) is 2. The van der Waals surface area contributed by atoms with Crippen molar-refractivity contribution >= 4 is 52.4 Å². The normalized spacial score (nSPS) is 12.0. The first kappa shape index (κ1) is 35.2. The van der Waals surface area contributed by atoms with Crippen molar-refractivity contribution in [1.29, 1.82) is 10.5 Å². The number of amides is 1. The fraction of sp³-hybridized carbons (Fsp3) is 0.250. The number of nitriles is 2. The van der Waals surface area contributed by atoms with Crippen LogP contribution in [0, 0.1) is 22.7 Å². The number of nitrogens with one attached hydrogen (secondary N) is 1. The monoisotopic (exact) mass is 690 g/mol. The van der Waals surface area contributed by atoms with Gasteiger partial charge in [0.25, 0.3) is 0 Å². The van der Waals surface area contributed by atoms with Crippen LogP contribution in [0.4, 0.5) is 5.82 Å². The largest absolute Gasteiger partial charge is 0.490 e. The van der Waals surface area contributed by atoms with E-state index < -0.39 is 24.0 Å². The summed E-state index contributed by atoms with van der Waals surface area (Å²) in [7, 11) is 0. The maximum absolute atomic E-state index is 12.2. The van der Waals surface area contributed by atoms with E-state index in [9.17, 15) is 20.1 Å². The van der Waals surface area contributed by atoms with Gasteiger partial charge < -0.3 is 32.0 Å². The van der Waals surface area contributed by atoms with E-state index in [4.69, 9.17) is 43.3 Å². The molecule has 12 nitrogen and oxygen atoms in total. The molecule has 0 radical (unpaired) electrons. The number of benzene rings is 2. The minimum atomic E-state index is -0.890. The van der Waals surface area contributed by atoms with Gasteiger partial charge >= 0.3 is 5.97 Å². The van der Waals surface area contributed by atoms with Gasteiger partial charge in [0.2, 0.25) is 5.91 Å². The van der Waals surface area contributed by atoms with E-state index in [1.165, 1.54) is 30.0 Å². The molecule has 2 heterocycles. The van der Waals surface area contributed by atoms with Crippen molar-refractivity contribution in [2.75, 3.05) is 25.5 Å². The highest BCUT2D eigenvalue weighted by Crippen LogP contribution is 2.37.